The molecule has 0 saturated heterocycles. The van der Waals surface area contributed by atoms with E-state index in [-0.39, 0.29) is 0 Å². The van der Waals surface area contributed by atoms with E-state index in [4.69, 9.17) is 0 Å². The molecule has 0 aromatic heterocycles. The van der Waals surface area contributed by atoms with Crippen molar-refractivity contribution in [1.29, 1.82) is 0 Å². The molecule has 0 amide bonds. The summed E-state index contributed by atoms with van der Waals surface area (Å²) in [5.74, 6) is 2.84. The summed E-state index contributed by atoms with van der Waals surface area (Å²) in [7, 11) is 0.722. The van der Waals surface area contributed by atoms with Crippen LogP contribution in [0.4, 0.5) is 0 Å². The van der Waals surface area contributed by atoms with Gasteiger partial charge < -0.3 is 0 Å². The smallest absolute Gasteiger partial charge is 0.0654 e. The highest BCUT2D eigenvalue weighted by Gasteiger charge is 2.04. The van der Waals surface area contributed by atoms with E-state index in [1.165, 1.54) is 30.8 Å². The molecular formula is C8H19S+. The molecule has 0 saturated carbocycles. The maximum Gasteiger partial charge on any atom is 0.107 e. The zero-order valence-electron chi connectivity index (χ0n) is 6.94. The van der Waals surface area contributed by atoms with Crippen LogP contribution in [0.25, 0.3) is 0 Å². The van der Waals surface area contributed by atoms with Crippen molar-refractivity contribution in [3.8, 4) is 0 Å². The Bertz CT molecular complexity index is 52.5. The largest absolute Gasteiger partial charge is 0.107 e. The van der Waals surface area contributed by atoms with Crippen LogP contribution >= 0.6 is 0 Å². The van der Waals surface area contributed by atoms with Gasteiger partial charge in [0.05, 0.1) is 6.26 Å². The topological polar surface area (TPSA) is 0 Å². The first-order valence-corrected chi connectivity index (χ1v) is 5.87. The predicted octanol–water partition coefficient (Wildman–Crippen LogP) is 2.44. The van der Waals surface area contributed by atoms with E-state index in [9.17, 15) is 0 Å². The lowest BCUT2D eigenvalue weighted by atomic mass is 10.3. The molecule has 0 N–H and O–H groups in total. The van der Waals surface area contributed by atoms with Crippen LogP contribution in [0.3, 0.4) is 0 Å². The molecule has 56 valence electrons. The van der Waals surface area contributed by atoms with Gasteiger partial charge in [-0.15, -0.1) is 0 Å². The fourth-order valence-electron chi connectivity index (χ4n) is 0.743. The van der Waals surface area contributed by atoms with Gasteiger partial charge in [-0.3, -0.25) is 0 Å². The molecule has 0 heterocycles. The van der Waals surface area contributed by atoms with Gasteiger partial charge in [0.2, 0.25) is 0 Å². The van der Waals surface area contributed by atoms with E-state index in [1.807, 2.05) is 0 Å². The zero-order valence-corrected chi connectivity index (χ0v) is 7.76. The third-order valence-electron chi connectivity index (χ3n) is 1.59. The van der Waals surface area contributed by atoms with Crippen LogP contribution in [0.5, 0.6) is 0 Å². The second-order valence-electron chi connectivity index (χ2n) is 2.48. The van der Waals surface area contributed by atoms with Crippen molar-refractivity contribution in [3.05, 3.63) is 0 Å². The van der Waals surface area contributed by atoms with Gasteiger partial charge in [-0.1, -0.05) is 13.3 Å². The van der Waals surface area contributed by atoms with Crippen molar-refractivity contribution in [3.63, 3.8) is 0 Å². The van der Waals surface area contributed by atoms with Crippen molar-refractivity contribution in [2.75, 3.05) is 17.8 Å². The van der Waals surface area contributed by atoms with E-state index in [0.717, 1.165) is 10.9 Å². The van der Waals surface area contributed by atoms with Crippen molar-refractivity contribution >= 4 is 10.9 Å². The van der Waals surface area contributed by atoms with Crippen LogP contribution in [0.2, 0.25) is 0 Å². The minimum Gasteiger partial charge on any atom is -0.0654 e. The van der Waals surface area contributed by atoms with Crippen molar-refractivity contribution in [2.45, 2.75) is 33.1 Å². The summed E-state index contributed by atoms with van der Waals surface area (Å²) < 4.78 is 0. The molecule has 0 bridgehead atoms. The second-order valence-corrected chi connectivity index (χ2v) is 5.03. The highest BCUT2D eigenvalue weighted by Crippen LogP contribution is 1.99. The zero-order chi connectivity index (χ0) is 7.11. The molecule has 0 fully saturated rings. The van der Waals surface area contributed by atoms with E-state index < -0.39 is 0 Å². The Balaban J connectivity index is 2.88. The van der Waals surface area contributed by atoms with Gasteiger partial charge in [0.25, 0.3) is 0 Å². The maximum atomic E-state index is 2.37. The Morgan fingerprint density at radius 1 is 1.11 bits per heavy atom. The molecule has 0 spiro atoms. The lowest BCUT2D eigenvalue weighted by Crippen LogP contribution is -2.06. The van der Waals surface area contributed by atoms with Crippen molar-refractivity contribution < 1.29 is 0 Å². The first-order chi connectivity index (χ1) is 4.31. The fourth-order valence-corrected chi connectivity index (χ4v) is 1.73. The third-order valence-corrected chi connectivity index (χ3v) is 3.56. The molecule has 1 atom stereocenters. The molecule has 0 radical (unpaired) electrons. The summed E-state index contributed by atoms with van der Waals surface area (Å²) in [5.41, 5.74) is 0. The summed E-state index contributed by atoms with van der Waals surface area (Å²) in [4.78, 5) is 0. The standard InChI is InChI=1S/C8H19S/c1-4-6-7-8-9(3)5-2/h4-8H2,1-3H3/q+1. The van der Waals surface area contributed by atoms with Gasteiger partial charge in [0, 0.05) is 0 Å². The van der Waals surface area contributed by atoms with Gasteiger partial charge in [0.15, 0.2) is 0 Å². The molecule has 1 unspecified atom stereocenters. The number of unbranched alkanes of at least 4 members (excludes halogenated alkanes) is 2. The quantitative estimate of drug-likeness (QED) is 0.414. The average Bonchev–Trinajstić information content (AvgIpc) is 1.89. The molecule has 0 aromatic carbocycles. The number of hydrogen-bond donors (Lipinski definition) is 0. The molecule has 0 aliphatic heterocycles. The van der Waals surface area contributed by atoms with Crippen molar-refractivity contribution in [2.24, 2.45) is 0 Å². The van der Waals surface area contributed by atoms with Crippen LogP contribution in [-0.4, -0.2) is 17.8 Å². The van der Waals surface area contributed by atoms with Crippen LogP contribution in [0.15, 0.2) is 0 Å². The maximum absolute atomic E-state index is 2.37. The second kappa shape index (κ2) is 6.47. The summed E-state index contributed by atoms with van der Waals surface area (Å²) in [5, 5.41) is 0. The average molecular weight is 147 g/mol. The first-order valence-electron chi connectivity index (χ1n) is 3.90. The Morgan fingerprint density at radius 2 is 1.78 bits per heavy atom. The van der Waals surface area contributed by atoms with Crippen LogP contribution in [-0.2, 0) is 10.9 Å². The van der Waals surface area contributed by atoms with E-state index >= 15 is 0 Å². The minimum absolute atomic E-state index is 0.722. The monoisotopic (exact) mass is 147 g/mol. The van der Waals surface area contributed by atoms with Crippen molar-refractivity contribution in [1.82, 2.24) is 0 Å². The van der Waals surface area contributed by atoms with Crippen LogP contribution < -0.4 is 0 Å². The molecule has 9 heavy (non-hydrogen) atoms. The summed E-state index contributed by atoms with van der Waals surface area (Å²) >= 11 is 0. The SMILES string of the molecule is CCCCC[S+](C)CC. The number of hydrogen-bond acceptors (Lipinski definition) is 0. The summed E-state index contributed by atoms with van der Waals surface area (Å²) in [6, 6.07) is 0. The summed E-state index contributed by atoms with van der Waals surface area (Å²) in [6.07, 6.45) is 6.61. The lowest BCUT2D eigenvalue weighted by molar-refractivity contribution is 0.777. The minimum atomic E-state index is 0.722. The Labute approximate surface area is 62.4 Å². The lowest BCUT2D eigenvalue weighted by Gasteiger charge is -1.97. The third kappa shape index (κ3) is 6.23. The van der Waals surface area contributed by atoms with Crippen LogP contribution in [0.1, 0.15) is 33.1 Å². The van der Waals surface area contributed by atoms with Crippen LogP contribution in [0, 0.1) is 0 Å². The molecule has 0 aliphatic rings. The predicted molar refractivity (Wildman–Crippen MR) is 48.2 cm³/mol. The fraction of sp³-hybridized carbons (Fsp3) is 1.00. The Hall–Kier alpha value is 0.350. The normalized spacial score (nSPS) is 13.7. The highest BCUT2D eigenvalue weighted by atomic mass is 32.2. The molecule has 0 aliphatic carbocycles. The molecular weight excluding hydrogens is 128 g/mol. The van der Waals surface area contributed by atoms with Gasteiger partial charge in [0.1, 0.15) is 11.5 Å². The number of rotatable bonds is 5. The highest BCUT2D eigenvalue weighted by molar-refractivity contribution is 7.96. The Morgan fingerprint density at radius 3 is 2.22 bits per heavy atom. The van der Waals surface area contributed by atoms with Gasteiger partial charge in [-0.05, 0) is 30.7 Å². The molecule has 0 aromatic rings. The molecule has 0 rings (SSSR count). The van der Waals surface area contributed by atoms with E-state index in [1.54, 1.807) is 0 Å². The van der Waals surface area contributed by atoms with Gasteiger partial charge in [-0.2, -0.15) is 0 Å². The Kier molecular flexibility index (Phi) is 6.72. The van der Waals surface area contributed by atoms with E-state index in [2.05, 4.69) is 20.1 Å². The first kappa shape index (κ1) is 9.35. The summed E-state index contributed by atoms with van der Waals surface area (Å²) in [6.45, 7) is 4.55. The van der Waals surface area contributed by atoms with Gasteiger partial charge >= 0.3 is 0 Å². The van der Waals surface area contributed by atoms with E-state index in [0.29, 0.717) is 0 Å². The molecule has 0 nitrogen and oxygen atoms in total. The molecule has 1 heteroatoms. The van der Waals surface area contributed by atoms with Gasteiger partial charge in [-0.25, -0.2) is 0 Å².